The van der Waals surface area contributed by atoms with E-state index in [0.29, 0.717) is 0 Å². The molecule has 0 aliphatic carbocycles. The quantitative estimate of drug-likeness (QED) is 0.891. The standard InChI is InChI=1S/C12H8BrF2N3O/c13-7-4-8(14)11(9(15)5-7)18-12(19)6-1-2-17-10(16)3-6/h1-5H,(H2,16,17)(H,18,19). The van der Waals surface area contributed by atoms with Crippen molar-refractivity contribution >= 4 is 33.3 Å². The van der Waals surface area contributed by atoms with Crippen molar-refractivity contribution in [1.82, 2.24) is 4.98 Å². The van der Waals surface area contributed by atoms with Crippen LogP contribution in [0.2, 0.25) is 0 Å². The third-order valence-electron chi connectivity index (χ3n) is 2.29. The largest absolute Gasteiger partial charge is 0.384 e. The van der Waals surface area contributed by atoms with Gasteiger partial charge < -0.3 is 11.1 Å². The molecule has 0 atom stereocenters. The molecule has 98 valence electrons. The monoisotopic (exact) mass is 327 g/mol. The Labute approximate surface area is 115 Å². The maximum absolute atomic E-state index is 13.5. The summed E-state index contributed by atoms with van der Waals surface area (Å²) in [5.41, 5.74) is 5.07. The van der Waals surface area contributed by atoms with Gasteiger partial charge in [0.15, 0.2) is 11.6 Å². The predicted molar refractivity (Wildman–Crippen MR) is 70.7 cm³/mol. The number of pyridine rings is 1. The van der Waals surface area contributed by atoms with Crippen LogP contribution in [0.5, 0.6) is 0 Å². The molecule has 0 fully saturated rings. The molecule has 0 saturated carbocycles. The number of hydrogen-bond donors (Lipinski definition) is 2. The van der Waals surface area contributed by atoms with Crippen molar-refractivity contribution < 1.29 is 13.6 Å². The predicted octanol–water partition coefficient (Wildman–Crippen LogP) is 2.96. The lowest BCUT2D eigenvalue weighted by molar-refractivity contribution is 0.102. The summed E-state index contributed by atoms with van der Waals surface area (Å²) in [4.78, 5) is 15.5. The lowest BCUT2D eigenvalue weighted by Gasteiger charge is -2.08. The van der Waals surface area contributed by atoms with Gasteiger partial charge in [-0.2, -0.15) is 0 Å². The van der Waals surface area contributed by atoms with Gasteiger partial charge in [-0.3, -0.25) is 4.79 Å². The summed E-state index contributed by atoms with van der Waals surface area (Å²) in [6, 6.07) is 4.81. The maximum atomic E-state index is 13.5. The van der Waals surface area contributed by atoms with E-state index in [4.69, 9.17) is 5.73 Å². The van der Waals surface area contributed by atoms with E-state index < -0.39 is 23.2 Å². The van der Waals surface area contributed by atoms with E-state index in [-0.39, 0.29) is 15.9 Å². The molecule has 0 unspecified atom stereocenters. The zero-order chi connectivity index (χ0) is 14.0. The Morgan fingerprint density at radius 3 is 2.47 bits per heavy atom. The smallest absolute Gasteiger partial charge is 0.256 e. The summed E-state index contributed by atoms with van der Waals surface area (Å²) in [5.74, 6) is -2.27. The minimum absolute atomic E-state index is 0.143. The van der Waals surface area contributed by atoms with E-state index in [0.717, 1.165) is 12.1 Å². The molecule has 19 heavy (non-hydrogen) atoms. The molecule has 0 radical (unpaired) electrons. The van der Waals surface area contributed by atoms with E-state index in [1.165, 1.54) is 18.3 Å². The number of benzene rings is 1. The fourth-order valence-electron chi connectivity index (χ4n) is 1.44. The Balaban J connectivity index is 2.29. The highest BCUT2D eigenvalue weighted by Gasteiger charge is 2.15. The fraction of sp³-hybridized carbons (Fsp3) is 0. The first-order valence-corrected chi connectivity index (χ1v) is 5.94. The summed E-state index contributed by atoms with van der Waals surface area (Å²) in [5, 5.41) is 2.16. The first-order valence-electron chi connectivity index (χ1n) is 5.15. The summed E-state index contributed by atoms with van der Waals surface area (Å²) < 4.78 is 27.3. The van der Waals surface area contributed by atoms with Crippen LogP contribution in [-0.4, -0.2) is 10.9 Å². The van der Waals surface area contributed by atoms with Crippen molar-refractivity contribution in [1.29, 1.82) is 0 Å². The highest BCUT2D eigenvalue weighted by Crippen LogP contribution is 2.24. The number of nitrogens with two attached hydrogens (primary N) is 1. The van der Waals surface area contributed by atoms with Gasteiger partial charge >= 0.3 is 0 Å². The number of halogens is 3. The highest BCUT2D eigenvalue weighted by atomic mass is 79.9. The molecule has 1 aromatic carbocycles. The van der Waals surface area contributed by atoms with Gasteiger partial charge in [0.1, 0.15) is 11.5 Å². The van der Waals surface area contributed by atoms with Crippen LogP contribution in [-0.2, 0) is 0 Å². The number of anilines is 2. The number of hydrogen-bond acceptors (Lipinski definition) is 3. The Hall–Kier alpha value is -2.02. The SMILES string of the molecule is Nc1cc(C(=O)Nc2c(F)cc(Br)cc2F)ccn1. The van der Waals surface area contributed by atoms with Gasteiger partial charge in [-0.15, -0.1) is 0 Å². The molecule has 7 heteroatoms. The number of rotatable bonds is 2. The Bertz CT molecular complexity index is 626. The molecule has 1 heterocycles. The first kappa shape index (κ1) is 13.4. The topological polar surface area (TPSA) is 68.0 Å². The summed E-state index contributed by atoms with van der Waals surface area (Å²) >= 11 is 2.95. The van der Waals surface area contributed by atoms with E-state index in [1.807, 2.05) is 0 Å². The van der Waals surface area contributed by atoms with Crippen LogP contribution in [0, 0.1) is 11.6 Å². The van der Waals surface area contributed by atoms with Crippen LogP contribution in [0.15, 0.2) is 34.9 Å². The van der Waals surface area contributed by atoms with Crippen LogP contribution >= 0.6 is 15.9 Å². The molecule has 1 amide bonds. The van der Waals surface area contributed by atoms with Crippen molar-refractivity contribution in [2.24, 2.45) is 0 Å². The van der Waals surface area contributed by atoms with E-state index in [9.17, 15) is 13.6 Å². The lowest BCUT2D eigenvalue weighted by Crippen LogP contribution is -2.14. The number of nitrogens with one attached hydrogen (secondary N) is 1. The van der Waals surface area contributed by atoms with Crippen molar-refractivity contribution in [3.63, 3.8) is 0 Å². The van der Waals surface area contributed by atoms with Crippen LogP contribution in [0.25, 0.3) is 0 Å². The second kappa shape index (κ2) is 5.31. The molecule has 2 rings (SSSR count). The van der Waals surface area contributed by atoms with E-state index in [2.05, 4.69) is 26.2 Å². The third-order valence-corrected chi connectivity index (χ3v) is 2.75. The zero-order valence-electron chi connectivity index (χ0n) is 9.45. The van der Waals surface area contributed by atoms with Gasteiger partial charge in [-0.25, -0.2) is 13.8 Å². The molecule has 0 bridgehead atoms. The Kier molecular flexibility index (Phi) is 3.75. The first-order chi connectivity index (χ1) is 8.97. The molecule has 3 N–H and O–H groups in total. The number of aromatic nitrogens is 1. The fourth-order valence-corrected chi connectivity index (χ4v) is 1.84. The van der Waals surface area contributed by atoms with Crippen molar-refractivity contribution in [3.05, 3.63) is 52.1 Å². The summed E-state index contributed by atoms with van der Waals surface area (Å²) in [6.07, 6.45) is 1.33. The molecular weight excluding hydrogens is 320 g/mol. The highest BCUT2D eigenvalue weighted by molar-refractivity contribution is 9.10. The van der Waals surface area contributed by atoms with Gasteiger partial charge in [0.2, 0.25) is 0 Å². The van der Waals surface area contributed by atoms with Crippen molar-refractivity contribution in [2.45, 2.75) is 0 Å². The summed E-state index contributed by atoms with van der Waals surface area (Å²) in [7, 11) is 0. The normalized spacial score (nSPS) is 10.3. The summed E-state index contributed by atoms with van der Waals surface area (Å²) in [6.45, 7) is 0. The molecule has 0 spiro atoms. The number of nitrogens with zero attached hydrogens (tertiary/aromatic N) is 1. The molecular formula is C12H8BrF2N3O. The molecule has 1 aromatic heterocycles. The van der Waals surface area contributed by atoms with Gasteiger partial charge in [0.25, 0.3) is 5.91 Å². The average Bonchev–Trinajstić information content (AvgIpc) is 2.33. The van der Waals surface area contributed by atoms with Crippen LogP contribution in [0.1, 0.15) is 10.4 Å². The third kappa shape index (κ3) is 3.05. The number of carbonyl (C=O) groups excluding carboxylic acids is 1. The minimum atomic E-state index is -0.873. The average molecular weight is 328 g/mol. The Morgan fingerprint density at radius 1 is 1.26 bits per heavy atom. The lowest BCUT2D eigenvalue weighted by atomic mass is 10.2. The zero-order valence-corrected chi connectivity index (χ0v) is 11.0. The second-order valence-electron chi connectivity index (χ2n) is 3.67. The van der Waals surface area contributed by atoms with Gasteiger partial charge in [0.05, 0.1) is 0 Å². The molecule has 0 saturated heterocycles. The molecule has 0 aliphatic rings. The van der Waals surface area contributed by atoms with Crippen LogP contribution in [0.3, 0.4) is 0 Å². The minimum Gasteiger partial charge on any atom is -0.384 e. The maximum Gasteiger partial charge on any atom is 0.256 e. The van der Waals surface area contributed by atoms with Crippen LogP contribution < -0.4 is 11.1 Å². The van der Waals surface area contributed by atoms with Crippen molar-refractivity contribution in [2.75, 3.05) is 11.1 Å². The second-order valence-corrected chi connectivity index (χ2v) is 4.58. The molecule has 4 nitrogen and oxygen atoms in total. The van der Waals surface area contributed by atoms with Gasteiger partial charge in [-0.1, -0.05) is 15.9 Å². The number of nitrogen functional groups attached to an aromatic ring is 1. The van der Waals surface area contributed by atoms with Gasteiger partial charge in [0, 0.05) is 16.2 Å². The molecule has 2 aromatic rings. The van der Waals surface area contributed by atoms with Gasteiger partial charge in [-0.05, 0) is 24.3 Å². The molecule has 0 aliphatic heterocycles. The number of carbonyl (C=O) groups is 1. The van der Waals surface area contributed by atoms with E-state index >= 15 is 0 Å². The van der Waals surface area contributed by atoms with E-state index in [1.54, 1.807) is 0 Å². The Morgan fingerprint density at radius 2 is 1.89 bits per heavy atom. The van der Waals surface area contributed by atoms with Crippen molar-refractivity contribution in [3.8, 4) is 0 Å². The van der Waals surface area contributed by atoms with Crippen LogP contribution in [0.4, 0.5) is 20.3 Å². The number of amides is 1.